The summed E-state index contributed by atoms with van der Waals surface area (Å²) < 4.78 is 10.3. The van der Waals surface area contributed by atoms with Gasteiger partial charge in [0.2, 0.25) is 0 Å². The fraction of sp³-hybridized carbons (Fsp3) is 0.562. The minimum atomic E-state index is -0.783. The Morgan fingerprint density at radius 2 is 1.84 bits per heavy atom. The van der Waals surface area contributed by atoms with Crippen LogP contribution in [0.25, 0.3) is 0 Å². The van der Waals surface area contributed by atoms with Crippen LogP contribution in [0.1, 0.15) is 18.6 Å². The molecule has 1 atom stereocenters. The summed E-state index contributed by atoms with van der Waals surface area (Å²) in [7, 11) is 1.63. The summed E-state index contributed by atoms with van der Waals surface area (Å²) in [6.07, 6.45) is -0.783. The summed E-state index contributed by atoms with van der Waals surface area (Å²) in [4.78, 5) is 4.36. The van der Waals surface area contributed by atoms with Crippen molar-refractivity contribution in [2.24, 2.45) is 4.99 Å². The zero-order chi connectivity index (χ0) is 17.8. The van der Waals surface area contributed by atoms with Gasteiger partial charge >= 0.3 is 0 Å². The smallest absolute Gasteiger partial charge is 0.191 e. The molecule has 0 spiro atoms. The molecule has 0 aliphatic heterocycles. The molecular weight excluding hydrogens is 480 g/mol. The molecule has 0 heterocycles. The summed E-state index contributed by atoms with van der Waals surface area (Å²) in [5, 5.41) is 17.5. The molecule has 0 aliphatic rings. The van der Waals surface area contributed by atoms with Crippen LogP contribution in [0.15, 0.2) is 23.2 Å². The number of ether oxygens (including phenoxy) is 2. The number of aliphatic hydroxyl groups is 1. The number of rotatable bonds is 10. The predicted molar refractivity (Wildman–Crippen MR) is 114 cm³/mol. The van der Waals surface area contributed by atoms with Crippen molar-refractivity contribution in [1.29, 1.82) is 0 Å². The monoisotopic (exact) mass is 505 g/mol. The van der Waals surface area contributed by atoms with Gasteiger partial charge in [-0.15, -0.1) is 24.0 Å². The second kappa shape index (κ2) is 14.8. The first-order valence-corrected chi connectivity index (χ1v) is 8.55. The number of halogens is 3. The van der Waals surface area contributed by atoms with E-state index in [9.17, 15) is 5.11 Å². The normalized spacial score (nSPS) is 12.4. The summed E-state index contributed by atoms with van der Waals surface area (Å²) in [6, 6.07) is 4.98. The molecule has 0 aliphatic carbocycles. The largest absolute Gasteiger partial charge is 0.386 e. The lowest BCUT2D eigenvalue weighted by Gasteiger charge is -2.14. The SMILES string of the molecule is CCNC(=NCC(O)c1cc(Cl)cc(Cl)c1)NCCOCCOC.I. The van der Waals surface area contributed by atoms with Crippen molar-refractivity contribution in [1.82, 2.24) is 10.6 Å². The van der Waals surface area contributed by atoms with Crippen molar-refractivity contribution >= 4 is 53.1 Å². The van der Waals surface area contributed by atoms with Crippen molar-refractivity contribution in [2.75, 3.05) is 46.6 Å². The number of benzene rings is 1. The van der Waals surface area contributed by atoms with E-state index in [1.165, 1.54) is 0 Å². The van der Waals surface area contributed by atoms with E-state index in [1.807, 2.05) is 6.92 Å². The van der Waals surface area contributed by atoms with Crippen LogP contribution >= 0.6 is 47.2 Å². The molecule has 1 aromatic carbocycles. The number of methoxy groups -OCH3 is 1. The molecule has 1 rings (SSSR count). The molecule has 0 saturated carbocycles. The van der Waals surface area contributed by atoms with Crippen LogP contribution in [-0.4, -0.2) is 57.6 Å². The number of nitrogens with zero attached hydrogens (tertiary/aromatic N) is 1. The van der Waals surface area contributed by atoms with Gasteiger partial charge in [0, 0.05) is 30.2 Å². The molecule has 0 fully saturated rings. The predicted octanol–water partition coefficient (Wildman–Crippen LogP) is 2.86. The van der Waals surface area contributed by atoms with Crippen molar-refractivity contribution < 1.29 is 14.6 Å². The second-order valence-electron chi connectivity index (χ2n) is 4.97. The zero-order valence-electron chi connectivity index (χ0n) is 14.4. The van der Waals surface area contributed by atoms with E-state index in [2.05, 4.69) is 15.6 Å². The fourth-order valence-electron chi connectivity index (χ4n) is 1.88. The fourth-order valence-corrected chi connectivity index (χ4v) is 2.42. The highest BCUT2D eigenvalue weighted by Crippen LogP contribution is 2.23. The Bertz CT molecular complexity index is 501. The summed E-state index contributed by atoms with van der Waals surface area (Å²) in [6.45, 7) is 5.16. The van der Waals surface area contributed by atoms with Gasteiger partial charge in [0.25, 0.3) is 0 Å². The number of nitrogens with one attached hydrogen (secondary N) is 2. The van der Waals surface area contributed by atoms with Crippen LogP contribution in [-0.2, 0) is 9.47 Å². The highest BCUT2D eigenvalue weighted by Gasteiger charge is 2.09. The first-order valence-electron chi connectivity index (χ1n) is 7.79. The molecule has 0 saturated heterocycles. The van der Waals surface area contributed by atoms with Gasteiger partial charge in [-0.05, 0) is 30.7 Å². The third-order valence-electron chi connectivity index (χ3n) is 3.01. The molecule has 0 amide bonds. The van der Waals surface area contributed by atoms with Gasteiger partial charge in [-0.3, -0.25) is 4.99 Å². The van der Waals surface area contributed by atoms with E-state index in [0.717, 1.165) is 6.54 Å². The Labute approximate surface area is 176 Å². The minimum Gasteiger partial charge on any atom is -0.386 e. The third kappa shape index (κ3) is 11.1. The van der Waals surface area contributed by atoms with Crippen molar-refractivity contribution in [2.45, 2.75) is 13.0 Å². The van der Waals surface area contributed by atoms with E-state index in [1.54, 1.807) is 25.3 Å². The van der Waals surface area contributed by atoms with E-state index < -0.39 is 6.10 Å². The Hall–Kier alpha value is -0.320. The van der Waals surface area contributed by atoms with Gasteiger partial charge in [0.05, 0.1) is 32.5 Å². The molecule has 25 heavy (non-hydrogen) atoms. The van der Waals surface area contributed by atoms with Gasteiger partial charge in [0.1, 0.15) is 0 Å². The highest BCUT2D eigenvalue weighted by atomic mass is 127. The third-order valence-corrected chi connectivity index (χ3v) is 3.44. The van der Waals surface area contributed by atoms with Crippen molar-refractivity contribution in [3.8, 4) is 0 Å². The van der Waals surface area contributed by atoms with Gasteiger partial charge in [0.15, 0.2) is 5.96 Å². The van der Waals surface area contributed by atoms with Crippen LogP contribution in [0.5, 0.6) is 0 Å². The lowest BCUT2D eigenvalue weighted by atomic mass is 10.1. The molecule has 1 unspecified atom stereocenters. The van der Waals surface area contributed by atoms with Crippen LogP contribution in [0.4, 0.5) is 0 Å². The molecule has 1 aromatic rings. The standard InChI is InChI=1S/C16H25Cl2N3O3.HI/c1-3-19-16(20-4-5-24-7-6-23-2)21-11-15(22)12-8-13(17)10-14(18)9-12;/h8-10,15,22H,3-7,11H2,1-2H3,(H2,19,20,21);1H. The molecule has 0 radical (unpaired) electrons. The van der Waals surface area contributed by atoms with Gasteiger partial charge < -0.3 is 25.2 Å². The molecule has 6 nitrogen and oxygen atoms in total. The lowest BCUT2D eigenvalue weighted by molar-refractivity contribution is 0.0733. The van der Waals surface area contributed by atoms with E-state index >= 15 is 0 Å². The second-order valence-corrected chi connectivity index (χ2v) is 5.84. The van der Waals surface area contributed by atoms with Crippen LogP contribution in [0, 0.1) is 0 Å². The minimum absolute atomic E-state index is 0. The number of hydrogen-bond donors (Lipinski definition) is 3. The van der Waals surface area contributed by atoms with E-state index in [-0.39, 0.29) is 30.5 Å². The molecule has 0 aromatic heterocycles. The van der Waals surface area contributed by atoms with Gasteiger partial charge in [-0.25, -0.2) is 0 Å². The Morgan fingerprint density at radius 3 is 2.44 bits per heavy atom. The Morgan fingerprint density at radius 1 is 1.16 bits per heavy atom. The quantitative estimate of drug-likeness (QED) is 0.197. The molecular formula is C16H26Cl2IN3O3. The van der Waals surface area contributed by atoms with Crippen LogP contribution in [0.2, 0.25) is 10.0 Å². The highest BCUT2D eigenvalue weighted by molar-refractivity contribution is 14.0. The number of aliphatic imine (C=N–C) groups is 1. The molecule has 3 N–H and O–H groups in total. The zero-order valence-corrected chi connectivity index (χ0v) is 18.3. The first kappa shape index (κ1) is 24.7. The van der Waals surface area contributed by atoms with Crippen LogP contribution in [0.3, 0.4) is 0 Å². The topological polar surface area (TPSA) is 75.1 Å². The first-order chi connectivity index (χ1) is 11.6. The average Bonchev–Trinajstić information content (AvgIpc) is 2.54. The summed E-state index contributed by atoms with van der Waals surface area (Å²) in [5.41, 5.74) is 0.634. The molecule has 0 bridgehead atoms. The maximum Gasteiger partial charge on any atom is 0.191 e. The maximum absolute atomic E-state index is 10.2. The number of hydrogen-bond acceptors (Lipinski definition) is 4. The Balaban J connectivity index is 0.00000576. The summed E-state index contributed by atoms with van der Waals surface area (Å²) in [5.74, 6) is 0.611. The van der Waals surface area contributed by atoms with Crippen LogP contribution < -0.4 is 10.6 Å². The average molecular weight is 506 g/mol. The number of guanidine groups is 1. The maximum atomic E-state index is 10.2. The van der Waals surface area contributed by atoms with Crippen molar-refractivity contribution in [3.63, 3.8) is 0 Å². The van der Waals surface area contributed by atoms with Gasteiger partial charge in [-0.2, -0.15) is 0 Å². The Kier molecular flexibility index (Phi) is 14.6. The van der Waals surface area contributed by atoms with E-state index in [0.29, 0.717) is 47.9 Å². The molecule has 144 valence electrons. The van der Waals surface area contributed by atoms with Crippen molar-refractivity contribution in [3.05, 3.63) is 33.8 Å². The summed E-state index contributed by atoms with van der Waals surface area (Å²) >= 11 is 11.9. The number of aliphatic hydroxyl groups excluding tert-OH is 1. The van der Waals surface area contributed by atoms with Gasteiger partial charge in [-0.1, -0.05) is 23.2 Å². The van der Waals surface area contributed by atoms with E-state index in [4.69, 9.17) is 32.7 Å². The molecule has 9 heteroatoms. The lowest BCUT2D eigenvalue weighted by Crippen LogP contribution is -2.39.